The number of carboxylic acid groups (broad SMARTS) is 1. The van der Waals surface area contributed by atoms with Gasteiger partial charge in [0.1, 0.15) is 19.1 Å². The zero-order chi connectivity index (χ0) is 13.8. The van der Waals surface area contributed by atoms with E-state index in [-0.39, 0.29) is 11.5 Å². The number of hydrogen-bond donors (Lipinski definition) is 2. The van der Waals surface area contributed by atoms with Crippen LogP contribution in [0.15, 0.2) is 0 Å². The molecule has 0 bridgehead atoms. The number of carbonyl (C=O) groups excluding carboxylic acids is 1. The van der Waals surface area contributed by atoms with Crippen molar-refractivity contribution < 1.29 is 32.6 Å². The van der Waals surface area contributed by atoms with E-state index < -0.39 is 37.2 Å². The number of rotatable bonds is 4. The van der Waals surface area contributed by atoms with Crippen LogP contribution in [0.1, 0.15) is 0 Å². The number of carbonyl (C=O) groups is 2. The van der Waals surface area contributed by atoms with E-state index in [1.165, 1.54) is 0 Å². The van der Waals surface area contributed by atoms with Crippen molar-refractivity contribution in [1.82, 2.24) is 10.2 Å². The Kier molecular flexibility index (Phi) is 4.91. The lowest BCUT2D eigenvalue weighted by atomic mass is 10.2. The number of carboxylic acids is 1. The minimum Gasteiger partial charge on any atom is -0.480 e. The fraction of sp³-hybridized carbons (Fsp3) is 0.778. The third-order valence-electron chi connectivity index (χ3n) is 2.23. The minimum atomic E-state index is -4.64. The number of hydrogen-bond acceptors (Lipinski definition) is 4. The second-order valence-electron chi connectivity index (χ2n) is 3.78. The number of halogens is 3. The molecule has 18 heavy (non-hydrogen) atoms. The first kappa shape index (κ1) is 14.7. The topological polar surface area (TPSA) is 78.9 Å². The zero-order valence-electron chi connectivity index (χ0n) is 9.37. The molecule has 1 aliphatic rings. The second kappa shape index (κ2) is 6.01. The fourth-order valence-corrected chi connectivity index (χ4v) is 1.54. The maximum Gasteiger partial charge on any atom is 0.406 e. The smallest absolute Gasteiger partial charge is 0.406 e. The largest absolute Gasteiger partial charge is 0.480 e. The number of morpholine rings is 1. The highest BCUT2D eigenvalue weighted by Crippen LogP contribution is 2.17. The van der Waals surface area contributed by atoms with E-state index in [0.717, 1.165) is 0 Å². The van der Waals surface area contributed by atoms with Crippen molar-refractivity contribution in [2.45, 2.75) is 12.2 Å². The van der Waals surface area contributed by atoms with Crippen LogP contribution in [0.4, 0.5) is 13.2 Å². The molecule has 1 atom stereocenters. The highest BCUT2D eigenvalue weighted by molar-refractivity contribution is 5.85. The monoisotopic (exact) mass is 270 g/mol. The van der Waals surface area contributed by atoms with Gasteiger partial charge in [0.2, 0.25) is 5.91 Å². The summed E-state index contributed by atoms with van der Waals surface area (Å²) < 4.78 is 41.7. The lowest BCUT2D eigenvalue weighted by Crippen LogP contribution is -2.55. The maximum atomic E-state index is 12.2. The van der Waals surface area contributed by atoms with Gasteiger partial charge in [-0.05, 0) is 0 Å². The van der Waals surface area contributed by atoms with Crippen molar-refractivity contribution in [1.29, 1.82) is 0 Å². The molecular weight excluding hydrogens is 257 g/mol. The number of ether oxygens (including phenoxy) is 1. The Balaban J connectivity index is 2.68. The molecule has 1 unspecified atom stereocenters. The lowest BCUT2D eigenvalue weighted by molar-refractivity contribution is -0.168. The normalized spacial score (nSPS) is 20.5. The van der Waals surface area contributed by atoms with Gasteiger partial charge in [-0.15, -0.1) is 0 Å². The van der Waals surface area contributed by atoms with Gasteiger partial charge < -0.3 is 20.1 Å². The van der Waals surface area contributed by atoms with Gasteiger partial charge in [0.25, 0.3) is 0 Å². The highest BCUT2D eigenvalue weighted by atomic mass is 19.4. The van der Waals surface area contributed by atoms with Crippen molar-refractivity contribution in [3.63, 3.8) is 0 Å². The molecule has 0 spiro atoms. The van der Waals surface area contributed by atoms with Crippen molar-refractivity contribution in [3.05, 3.63) is 0 Å². The fourth-order valence-electron chi connectivity index (χ4n) is 1.54. The maximum absolute atomic E-state index is 12.2. The molecular formula is C9H13F3N2O4. The van der Waals surface area contributed by atoms with E-state index in [9.17, 15) is 22.8 Å². The summed E-state index contributed by atoms with van der Waals surface area (Å²) in [6, 6.07) is -0.930. The van der Waals surface area contributed by atoms with Crippen LogP contribution in [-0.4, -0.2) is 66.9 Å². The quantitative estimate of drug-likeness (QED) is 0.716. The van der Waals surface area contributed by atoms with Crippen LogP contribution in [0, 0.1) is 0 Å². The molecule has 0 saturated carbocycles. The standard InChI is InChI=1S/C9H13F3N2O4/c10-9(11,12)5-14(3-7(15)16)8(17)6-4-18-2-1-13-6/h6,13H,1-5H2,(H,15,16). The number of aliphatic carboxylic acids is 1. The van der Waals surface area contributed by atoms with Crippen molar-refractivity contribution in [3.8, 4) is 0 Å². The molecule has 1 amide bonds. The molecule has 0 aromatic rings. The molecule has 2 N–H and O–H groups in total. The van der Waals surface area contributed by atoms with E-state index >= 15 is 0 Å². The Hall–Kier alpha value is -1.35. The average molecular weight is 270 g/mol. The molecule has 1 fully saturated rings. The number of nitrogens with zero attached hydrogens (tertiary/aromatic N) is 1. The SMILES string of the molecule is O=C(O)CN(CC(F)(F)F)C(=O)C1COCCN1. The van der Waals surface area contributed by atoms with Gasteiger partial charge >= 0.3 is 12.1 Å². The molecule has 1 rings (SSSR count). The first-order valence-electron chi connectivity index (χ1n) is 5.18. The van der Waals surface area contributed by atoms with Crippen LogP contribution >= 0.6 is 0 Å². The summed E-state index contributed by atoms with van der Waals surface area (Å²) in [6.07, 6.45) is -4.64. The summed E-state index contributed by atoms with van der Waals surface area (Å²) >= 11 is 0. The van der Waals surface area contributed by atoms with Crippen LogP contribution in [0.25, 0.3) is 0 Å². The van der Waals surface area contributed by atoms with Crippen LogP contribution < -0.4 is 5.32 Å². The molecule has 0 aromatic carbocycles. The Bertz CT molecular complexity index is 315. The average Bonchev–Trinajstić information content (AvgIpc) is 2.26. The molecule has 0 aromatic heterocycles. The minimum absolute atomic E-state index is 0.0627. The summed E-state index contributed by atoms with van der Waals surface area (Å²) in [5, 5.41) is 11.2. The van der Waals surface area contributed by atoms with Crippen molar-refractivity contribution in [2.75, 3.05) is 32.8 Å². The van der Waals surface area contributed by atoms with Gasteiger partial charge in [0, 0.05) is 6.54 Å². The van der Waals surface area contributed by atoms with Crippen LogP contribution in [0.2, 0.25) is 0 Å². The molecule has 6 nitrogen and oxygen atoms in total. The molecule has 1 aliphatic heterocycles. The van der Waals surface area contributed by atoms with Gasteiger partial charge in [0.15, 0.2) is 0 Å². The summed E-state index contributed by atoms with van der Waals surface area (Å²) in [5.41, 5.74) is 0. The van der Waals surface area contributed by atoms with Gasteiger partial charge in [-0.25, -0.2) is 0 Å². The van der Waals surface area contributed by atoms with Gasteiger partial charge in [-0.1, -0.05) is 0 Å². The second-order valence-corrected chi connectivity index (χ2v) is 3.78. The van der Waals surface area contributed by atoms with E-state index in [0.29, 0.717) is 13.2 Å². The van der Waals surface area contributed by atoms with Gasteiger partial charge in [-0.3, -0.25) is 9.59 Å². The van der Waals surface area contributed by atoms with Crippen molar-refractivity contribution >= 4 is 11.9 Å². The lowest BCUT2D eigenvalue weighted by Gasteiger charge is -2.29. The molecule has 0 radical (unpaired) electrons. The first-order chi connectivity index (χ1) is 8.29. The Morgan fingerprint density at radius 2 is 2.11 bits per heavy atom. The molecule has 1 saturated heterocycles. The summed E-state index contributed by atoms with van der Waals surface area (Å²) in [4.78, 5) is 22.5. The van der Waals surface area contributed by atoms with Crippen LogP contribution in [-0.2, 0) is 14.3 Å². The highest BCUT2D eigenvalue weighted by Gasteiger charge is 2.36. The van der Waals surface area contributed by atoms with Gasteiger partial charge in [-0.2, -0.15) is 13.2 Å². The van der Waals surface area contributed by atoms with Crippen LogP contribution in [0.5, 0.6) is 0 Å². The Labute approximate surface area is 101 Å². The Morgan fingerprint density at radius 3 is 2.56 bits per heavy atom. The van der Waals surface area contributed by atoms with Gasteiger partial charge in [0.05, 0.1) is 13.2 Å². The van der Waals surface area contributed by atoms with E-state index in [4.69, 9.17) is 9.84 Å². The molecule has 9 heteroatoms. The number of alkyl halides is 3. The van der Waals surface area contributed by atoms with Crippen molar-refractivity contribution in [2.24, 2.45) is 0 Å². The Morgan fingerprint density at radius 1 is 1.44 bits per heavy atom. The zero-order valence-corrected chi connectivity index (χ0v) is 9.37. The predicted molar refractivity (Wildman–Crippen MR) is 52.9 cm³/mol. The number of amides is 1. The first-order valence-corrected chi connectivity index (χ1v) is 5.18. The molecule has 1 heterocycles. The summed E-state index contributed by atoms with van der Waals surface area (Å²) in [7, 11) is 0. The summed E-state index contributed by atoms with van der Waals surface area (Å²) in [6.45, 7) is -1.94. The third kappa shape index (κ3) is 4.88. The molecule has 0 aliphatic carbocycles. The van der Waals surface area contributed by atoms with E-state index in [1.54, 1.807) is 0 Å². The van der Waals surface area contributed by atoms with E-state index in [2.05, 4.69) is 5.32 Å². The predicted octanol–water partition coefficient (Wildman–Crippen LogP) is -0.550. The van der Waals surface area contributed by atoms with E-state index in [1.807, 2.05) is 0 Å². The third-order valence-corrected chi connectivity index (χ3v) is 2.23. The van der Waals surface area contributed by atoms with Crippen LogP contribution in [0.3, 0.4) is 0 Å². The summed E-state index contributed by atoms with van der Waals surface area (Å²) in [5.74, 6) is -2.42. The molecule has 104 valence electrons. The number of nitrogens with one attached hydrogen (secondary N) is 1.